The number of carboxylic acid groups (broad SMARTS) is 1. The van der Waals surface area contributed by atoms with E-state index in [4.69, 9.17) is 0 Å². The van der Waals surface area contributed by atoms with E-state index >= 15 is 0 Å². The van der Waals surface area contributed by atoms with Crippen LogP contribution >= 0.6 is 0 Å². The van der Waals surface area contributed by atoms with Crippen LogP contribution in [0.1, 0.15) is 31.8 Å². The molecule has 2 aromatic rings. The lowest BCUT2D eigenvalue weighted by Gasteiger charge is -2.14. The number of rotatable bonds is 3. The van der Waals surface area contributed by atoms with Gasteiger partial charge in [0, 0.05) is 17.2 Å². The summed E-state index contributed by atoms with van der Waals surface area (Å²) in [6.07, 6.45) is 1.55. The van der Waals surface area contributed by atoms with Gasteiger partial charge in [0.1, 0.15) is 0 Å². The number of aromatic carboxylic acids is 1. The first-order valence-electron chi connectivity index (χ1n) is 6.83. The van der Waals surface area contributed by atoms with Crippen molar-refractivity contribution in [2.45, 2.75) is 18.9 Å². The number of fused-ring (bicyclic) bond motifs is 1. The molecule has 1 aliphatic rings. The maximum absolute atomic E-state index is 12.3. The third kappa shape index (κ3) is 2.65. The molecule has 0 unspecified atom stereocenters. The van der Waals surface area contributed by atoms with Crippen molar-refractivity contribution in [3.63, 3.8) is 0 Å². The Balaban J connectivity index is 1.76. The van der Waals surface area contributed by atoms with Gasteiger partial charge in [0.05, 0.1) is 5.97 Å². The summed E-state index contributed by atoms with van der Waals surface area (Å²) in [6, 6.07) is 14.2. The van der Waals surface area contributed by atoms with Crippen molar-refractivity contribution < 1.29 is 14.7 Å². The highest BCUT2D eigenvalue weighted by atomic mass is 16.4. The van der Waals surface area contributed by atoms with E-state index < -0.39 is 5.97 Å². The molecule has 4 nitrogen and oxygen atoms in total. The molecule has 1 amide bonds. The van der Waals surface area contributed by atoms with Crippen molar-refractivity contribution in [2.24, 2.45) is 0 Å². The van der Waals surface area contributed by atoms with Gasteiger partial charge < -0.3 is 15.2 Å². The molecule has 0 aromatic heterocycles. The number of benzene rings is 2. The van der Waals surface area contributed by atoms with Crippen LogP contribution in [0.3, 0.4) is 0 Å². The van der Waals surface area contributed by atoms with E-state index in [0.717, 1.165) is 12.8 Å². The number of carboxylic acids is 1. The van der Waals surface area contributed by atoms with Gasteiger partial charge in [-0.25, -0.2) is 0 Å². The zero-order valence-corrected chi connectivity index (χ0v) is 11.3. The second kappa shape index (κ2) is 5.40. The second-order valence-corrected chi connectivity index (χ2v) is 5.18. The highest BCUT2D eigenvalue weighted by molar-refractivity contribution is 6.04. The number of carbonyl (C=O) groups is 2. The zero-order valence-electron chi connectivity index (χ0n) is 11.3. The second-order valence-electron chi connectivity index (χ2n) is 5.18. The average molecular weight is 280 g/mol. The fraction of sp³-hybridized carbons (Fsp3) is 0.176. The molecule has 1 N–H and O–H groups in total. The van der Waals surface area contributed by atoms with Crippen LogP contribution in [0.2, 0.25) is 0 Å². The highest BCUT2D eigenvalue weighted by Gasteiger charge is 2.23. The van der Waals surface area contributed by atoms with Crippen molar-refractivity contribution in [2.75, 3.05) is 0 Å². The van der Waals surface area contributed by atoms with E-state index in [1.165, 1.54) is 23.3 Å². The lowest BCUT2D eigenvalue weighted by molar-refractivity contribution is -0.255. The molecule has 0 atom stereocenters. The first-order valence-corrected chi connectivity index (χ1v) is 6.83. The number of carbonyl (C=O) groups excluding carboxylic acids is 2. The molecule has 0 aliphatic heterocycles. The molecular weight excluding hydrogens is 266 g/mol. The Labute approximate surface area is 122 Å². The first-order chi connectivity index (χ1) is 10.1. The Morgan fingerprint density at radius 2 is 1.43 bits per heavy atom. The molecule has 0 fully saturated rings. The Hall–Kier alpha value is -2.62. The van der Waals surface area contributed by atoms with E-state index in [-0.39, 0.29) is 23.1 Å². The fourth-order valence-electron chi connectivity index (χ4n) is 2.78. The molecule has 0 saturated carbocycles. The summed E-state index contributed by atoms with van der Waals surface area (Å²) in [5.41, 5.74) is 2.53. The number of nitrogens with one attached hydrogen (secondary N) is 1. The summed E-state index contributed by atoms with van der Waals surface area (Å²) in [5, 5.41) is 14.0. The SMILES string of the molecule is O=C([O-])c1ccccc1C(=O)NC1Cc2ccccc2C1. The third-order valence-corrected chi connectivity index (χ3v) is 3.78. The first kappa shape index (κ1) is 13.4. The van der Waals surface area contributed by atoms with Gasteiger partial charge in [-0.15, -0.1) is 0 Å². The summed E-state index contributed by atoms with van der Waals surface area (Å²) >= 11 is 0. The van der Waals surface area contributed by atoms with E-state index in [1.807, 2.05) is 12.1 Å². The molecule has 0 radical (unpaired) electrons. The standard InChI is InChI=1S/C17H15NO3/c19-16(14-7-3-4-8-15(14)17(20)21)18-13-9-11-5-1-2-6-12(11)10-13/h1-8,13H,9-10H2,(H,18,19)(H,20,21)/p-1. The van der Waals surface area contributed by atoms with Crippen LogP contribution in [0.5, 0.6) is 0 Å². The van der Waals surface area contributed by atoms with Crippen LogP contribution in [0.15, 0.2) is 48.5 Å². The number of amides is 1. The Morgan fingerprint density at radius 1 is 0.905 bits per heavy atom. The predicted octanol–water partition coefficient (Wildman–Crippen LogP) is 0.947. The van der Waals surface area contributed by atoms with Crippen LogP contribution in [-0.4, -0.2) is 17.9 Å². The predicted molar refractivity (Wildman–Crippen MR) is 75.9 cm³/mol. The minimum absolute atomic E-state index is 0.00436. The van der Waals surface area contributed by atoms with Crippen LogP contribution < -0.4 is 10.4 Å². The van der Waals surface area contributed by atoms with Crippen molar-refractivity contribution in [3.05, 3.63) is 70.8 Å². The third-order valence-electron chi connectivity index (χ3n) is 3.78. The minimum Gasteiger partial charge on any atom is -0.545 e. The smallest absolute Gasteiger partial charge is 0.252 e. The normalized spacial score (nSPS) is 13.7. The number of hydrogen-bond donors (Lipinski definition) is 1. The Kier molecular flexibility index (Phi) is 3.44. The Morgan fingerprint density at radius 3 is 2.00 bits per heavy atom. The van der Waals surface area contributed by atoms with Crippen LogP contribution in [-0.2, 0) is 12.8 Å². The van der Waals surface area contributed by atoms with Crippen LogP contribution in [0, 0.1) is 0 Å². The van der Waals surface area contributed by atoms with Gasteiger partial charge in [-0.1, -0.05) is 42.5 Å². The van der Waals surface area contributed by atoms with Crippen molar-refractivity contribution in [1.82, 2.24) is 5.32 Å². The van der Waals surface area contributed by atoms with Gasteiger partial charge in [-0.05, 0) is 30.0 Å². The van der Waals surface area contributed by atoms with Gasteiger partial charge in [-0.2, -0.15) is 0 Å². The van der Waals surface area contributed by atoms with E-state index in [2.05, 4.69) is 17.4 Å². The fourth-order valence-corrected chi connectivity index (χ4v) is 2.78. The molecular formula is C17H14NO3-. The molecule has 1 aliphatic carbocycles. The number of hydrogen-bond acceptors (Lipinski definition) is 3. The largest absolute Gasteiger partial charge is 0.545 e. The lowest BCUT2D eigenvalue weighted by atomic mass is 10.1. The van der Waals surface area contributed by atoms with E-state index in [9.17, 15) is 14.7 Å². The quantitative estimate of drug-likeness (QED) is 0.910. The van der Waals surface area contributed by atoms with Crippen molar-refractivity contribution in [1.29, 1.82) is 0 Å². The average Bonchev–Trinajstić information content (AvgIpc) is 2.89. The van der Waals surface area contributed by atoms with Crippen LogP contribution in [0.25, 0.3) is 0 Å². The molecule has 2 aromatic carbocycles. The molecule has 0 heterocycles. The highest BCUT2D eigenvalue weighted by Crippen LogP contribution is 2.22. The lowest BCUT2D eigenvalue weighted by Crippen LogP contribution is -2.37. The van der Waals surface area contributed by atoms with Gasteiger partial charge >= 0.3 is 0 Å². The summed E-state index contributed by atoms with van der Waals surface area (Å²) in [5.74, 6) is -1.71. The molecule has 4 heteroatoms. The minimum atomic E-state index is -1.34. The molecule has 0 spiro atoms. The van der Waals surface area contributed by atoms with Gasteiger partial charge in [-0.3, -0.25) is 4.79 Å². The van der Waals surface area contributed by atoms with Gasteiger partial charge in [0.25, 0.3) is 5.91 Å². The van der Waals surface area contributed by atoms with E-state index in [1.54, 1.807) is 12.1 Å². The maximum Gasteiger partial charge on any atom is 0.252 e. The molecule has 0 saturated heterocycles. The van der Waals surface area contributed by atoms with Crippen molar-refractivity contribution in [3.8, 4) is 0 Å². The van der Waals surface area contributed by atoms with Crippen molar-refractivity contribution >= 4 is 11.9 Å². The van der Waals surface area contributed by atoms with Gasteiger partial charge in [0.15, 0.2) is 0 Å². The molecule has 3 rings (SSSR count). The summed E-state index contributed by atoms with van der Waals surface area (Å²) in [6.45, 7) is 0. The summed E-state index contributed by atoms with van der Waals surface area (Å²) in [7, 11) is 0. The van der Waals surface area contributed by atoms with E-state index in [0.29, 0.717) is 0 Å². The maximum atomic E-state index is 12.3. The Bertz CT molecular complexity index is 684. The summed E-state index contributed by atoms with van der Waals surface area (Å²) < 4.78 is 0. The molecule has 0 bridgehead atoms. The molecule has 106 valence electrons. The topological polar surface area (TPSA) is 69.2 Å². The zero-order chi connectivity index (χ0) is 14.8. The van der Waals surface area contributed by atoms with Crippen LogP contribution in [0.4, 0.5) is 0 Å². The molecule has 21 heavy (non-hydrogen) atoms. The monoisotopic (exact) mass is 280 g/mol. The summed E-state index contributed by atoms with van der Waals surface area (Å²) in [4.78, 5) is 23.3. The van der Waals surface area contributed by atoms with Gasteiger partial charge in [0.2, 0.25) is 0 Å².